The van der Waals surface area contributed by atoms with Crippen LogP contribution in [0.2, 0.25) is 0 Å². The molecule has 96 valence electrons. The fourth-order valence-electron chi connectivity index (χ4n) is 1.90. The summed E-state index contributed by atoms with van der Waals surface area (Å²) in [6.45, 7) is 1.46. The van der Waals surface area contributed by atoms with E-state index in [1.807, 2.05) is 36.5 Å². The quantitative estimate of drug-likeness (QED) is 0.655. The van der Waals surface area contributed by atoms with Crippen molar-refractivity contribution in [2.75, 3.05) is 6.61 Å². The Labute approximate surface area is 110 Å². The fourth-order valence-corrected chi connectivity index (χ4v) is 1.90. The van der Waals surface area contributed by atoms with Crippen LogP contribution < -0.4 is 4.74 Å². The summed E-state index contributed by atoms with van der Waals surface area (Å²) in [5, 5.41) is 8.78. The first kappa shape index (κ1) is 11.6. The molecule has 1 aromatic carbocycles. The molecule has 0 spiro atoms. The molecule has 0 atom stereocenters. The number of aryl methyl sites for hydroxylation is 1. The van der Waals surface area contributed by atoms with Crippen molar-refractivity contribution in [1.29, 1.82) is 0 Å². The third-order valence-electron chi connectivity index (χ3n) is 2.85. The number of nitrogens with zero attached hydrogens (tertiary/aromatic N) is 4. The third kappa shape index (κ3) is 2.88. The first-order valence-electron chi connectivity index (χ1n) is 6.23. The molecular formula is C14H14N4O. The van der Waals surface area contributed by atoms with E-state index in [9.17, 15) is 0 Å². The molecule has 2 heterocycles. The summed E-state index contributed by atoms with van der Waals surface area (Å²) in [5.74, 6) is 0.852. The molecule has 3 aromatic rings. The Morgan fingerprint density at radius 1 is 1.16 bits per heavy atom. The van der Waals surface area contributed by atoms with Gasteiger partial charge in [-0.3, -0.25) is 9.67 Å². The lowest BCUT2D eigenvalue weighted by Gasteiger charge is -2.06. The van der Waals surface area contributed by atoms with Crippen LogP contribution in [0, 0.1) is 0 Å². The van der Waals surface area contributed by atoms with Crippen LogP contribution in [-0.2, 0) is 6.54 Å². The lowest BCUT2D eigenvalue weighted by molar-refractivity contribution is 0.298. The predicted octanol–water partition coefficient (Wildman–Crippen LogP) is 2.30. The van der Waals surface area contributed by atoms with Crippen LogP contribution in [-0.4, -0.2) is 26.6 Å². The Hall–Kier alpha value is -2.43. The van der Waals surface area contributed by atoms with Crippen LogP contribution in [0.4, 0.5) is 0 Å². The van der Waals surface area contributed by atoms with E-state index in [1.165, 1.54) is 0 Å². The van der Waals surface area contributed by atoms with Crippen LogP contribution in [0.1, 0.15) is 6.42 Å². The number of pyridine rings is 1. The Morgan fingerprint density at radius 2 is 2.16 bits per heavy atom. The average Bonchev–Trinajstić information content (AvgIpc) is 2.97. The Morgan fingerprint density at radius 3 is 3.05 bits per heavy atom. The van der Waals surface area contributed by atoms with Gasteiger partial charge in [-0.1, -0.05) is 11.3 Å². The molecule has 3 rings (SSSR count). The first-order chi connectivity index (χ1) is 9.42. The summed E-state index contributed by atoms with van der Waals surface area (Å²) < 4.78 is 7.51. The van der Waals surface area contributed by atoms with Crippen LogP contribution in [0.15, 0.2) is 48.9 Å². The second-order valence-electron chi connectivity index (χ2n) is 4.23. The Kier molecular flexibility index (Phi) is 3.36. The summed E-state index contributed by atoms with van der Waals surface area (Å²) >= 11 is 0. The van der Waals surface area contributed by atoms with E-state index in [0.717, 1.165) is 29.6 Å². The average molecular weight is 254 g/mol. The molecule has 0 unspecified atom stereocenters. The summed E-state index contributed by atoms with van der Waals surface area (Å²) in [5.41, 5.74) is 0.955. The van der Waals surface area contributed by atoms with Crippen molar-refractivity contribution in [1.82, 2.24) is 20.0 Å². The molecule has 0 saturated heterocycles. The molecule has 0 fully saturated rings. The van der Waals surface area contributed by atoms with E-state index in [2.05, 4.69) is 15.3 Å². The van der Waals surface area contributed by atoms with Gasteiger partial charge in [0, 0.05) is 36.8 Å². The molecular weight excluding hydrogens is 240 g/mol. The SMILES string of the molecule is c1cnc2cc(OCCCn3ccnn3)ccc2c1. The highest BCUT2D eigenvalue weighted by atomic mass is 16.5. The molecule has 0 aliphatic heterocycles. The van der Waals surface area contributed by atoms with Gasteiger partial charge in [-0.15, -0.1) is 5.10 Å². The second-order valence-corrected chi connectivity index (χ2v) is 4.23. The summed E-state index contributed by atoms with van der Waals surface area (Å²) in [6, 6.07) is 9.93. The number of benzene rings is 1. The highest BCUT2D eigenvalue weighted by Gasteiger charge is 1.98. The summed E-state index contributed by atoms with van der Waals surface area (Å²) in [6.07, 6.45) is 6.20. The minimum Gasteiger partial charge on any atom is -0.493 e. The van der Waals surface area contributed by atoms with Crippen LogP contribution in [0.5, 0.6) is 5.75 Å². The topological polar surface area (TPSA) is 52.8 Å². The van der Waals surface area contributed by atoms with Crippen molar-refractivity contribution in [2.24, 2.45) is 0 Å². The van der Waals surface area contributed by atoms with Crippen LogP contribution in [0.25, 0.3) is 10.9 Å². The van der Waals surface area contributed by atoms with Gasteiger partial charge in [0.15, 0.2) is 0 Å². The molecule has 0 aliphatic carbocycles. The molecule has 0 N–H and O–H groups in total. The van der Waals surface area contributed by atoms with Crippen molar-refractivity contribution in [3.63, 3.8) is 0 Å². The zero-order valence-electron chi connectivity index (χ0n) is 10.4. The normalized spacial score (nSPS) is 10.7. The largest absolute Gasteiger partial charge is 0.493 e. The Balaban J connectivity index is 1.56. The van der Waals surface area contributed by atoms with E-state index in [1.54, 1.807) is 17.1 Å². The van der Waals surface area contributed by atoms with Crippen LogP contribution >= 0.6 is 0 Å². The molecule has 5 nitrogen and oxygen atoms in total. The van der Waals surface area contributed by atoms with Crippen molar-refractivity contribution in [3.8, 4) is 5.75 Å². The molecule has 0 saturated carbocycles. The lowest BCUT2D eigenvalue weighted by Crippen LogP contribution is -2.05. The van der Waals surface area contributed by atoms with Gasteiger partial charge >= 0.3 is 0 Å². The predicted molar refractivity (Wildman–Crippen MR) is 71.9 cm³/mol. The standard InChI is InChI=1S/C14H14N4O/c1-3-12-4-5-13(11-14(12)15-6-1)19-10-2-8-18-9-7-16-17-18/h1,3-7,9,11H,2,8,10H2. The maximum Gasteiger partial charge on any atom is 0.121 e. The maximum atomic E-state index is 5.71. The molecule has 0 bridgehead atoms. The second kappa shape index (κ2) is 5.48. The molecule has 19 heavy (non-hydrogen) atoms. The minimum atomic E-state index is 0.651. The number of rotatable bonds is 5. The molecule has 5 heteroatoms. The lowest BCUT2D eigenvalue weighted by atomic mass is 10.2. The Bertz CT molecular complexity index is 651. The maximum absolute atomic E-state index is 5.71. The third-order valence-corrected chi connectivity index (χ3v) is 2.85. The number of hydrogen-bond donors (Lipinski definition) is 0. The van der Waals surface area contributed by atoms with Gasteiger partial charge in [0.1, 0.15) is 5.75 Å². The van der Waals surface area contributed by atoms with Crippen LogP contribution in [0.3, 0.4) is 0 Å². The monoisotopic (exact) mass is 254 g/mol. The van der Waals surface area contributed by atoms with Crippen molar-refractivity contribution in [3.05, 3.63) is 48.9 Å². The highest BCUT2D eigenvalue weighted by molar-refractivity contribution is 5.79. The number of ether oxygens (including phenoxy) is 1. The van der Waals surface area contributed by atoms with E-state index in [4.69, 9.17) is 4.74 Å². The number of hydrogen-bond acceptors (Lipinski definition) is 4. The van der Waals surface area contributed by atoms with Crippen molar-refractivity contribution >= 4 is 10.9 Å². The van der Waals surface area contributed by atoms with E-state index in [0.29, 0.717) is 6.61 Å². The van der Waals surface area contributed by atoms with Crippen molar-refractivity contribution < 1.29 is 4.74 Å². The molecule has 0 radical (unpaired) electrons. The first-order valence-corrected chi connectivity index (χ1v) is 6.23. The smallest absolute Gasteiger partial charge is 0.121 e. The van der Waals surface area contributed by atoms with E-state index < -0.39 is 0 Å². The van der Waals surface area contributed by atoms with Crippen molar-refractivity contribution in [2.45, 2.75) is 13.0 Å². The summed E-state index contributed by atoms with van der Waals surface area (Å²) in [7, 11) is 0. The van der Waals surface area contributed by atoms with E-state index >= 15 is 0 Å². The molecule has 2 aromatic heterocycles. The number of fused-ring (bicyclic) bond motifs is 1. The molecule has 0 aliphatic rings. The zero-order valence-corrected chi connectivity index (χ0v) is 10.4. The fraction of sp³-hybridized carbons (Fsp3) is 0.214. The van der Waals surface area contributed by atoms with Gasteiger partial charge in [0.05, 0.1) is 18.3 Å². The van der Waals surface area contributed by atoms with Gasteiger partial charge in [0.25, 0.3) is 0 Å². The van der Waals surface area contributed by atoms with E-state index in [-0.39, 0.29) is 0 Å². The summed E-state index contributed by atoms with van der Waals surface area (Å²) in [4.78, 5) is 4.31. The van der Waals surface area contributed by atoms with Gasteiger partial charge < -0.3 is 4.74 Å². The number of aromatic nitrogens is 4. The zero-order chi connectivity index (χ0) is 12.9. The molecule has 0 amide bonds. The van der Waals surface area contributed by atoms with Gasteiger partial charge in [-0.25, -0.2) is 0 Å². The van der Waals surface area contributed by atoms with Gasteiger partial charge in [0.2, 0.25) is 0 Å². The van der Waals surface area contributed by atoms with Gasteiger partial charge in [-0.2, -0.15) is 0 Å². The minimum absolute atomic E-state index is 0.651. The highest BCUT2D eigenvalue weighted by Crippen LogP contribution is 2.18. The van der Waals surface area contributed by atoms with Gasteiger partial charge in [-0.05, 0) is 18.2 Å².